The molecule has 0 amide bonds. The number of hydrogen-bond donors (Lipinski definition) is 2. The van der Waals surface area contributed by atoms with Crippen molar-refractivity contribution in [2.24, 2.45) is 0 Å². The number of terminal acetylenes is 1. The van der Waals surface area contributed by atoms with Crippen LogP contribution in [0.1, 0.15) is 23.7 Å². The number of hydrogen-bond acceptors (Lipinski definition) is 3. The number of carbonyl (C=O) groups is 1. The van der Waals surface area contributed by atoms with E-state index in [9.17, 15) is 13.2 Å². The summed E-state index contributed by atoms with van der Waals surface area (Å²) in [6, 6.07) is 3.37. The summed E-state index contributed by atoms with van der Waals surface area (Å²) in [6.07, 6.45) is 5.35. The highest BCUT2D eigenvalue weighted by molar-refractivity contribution is 9.10. The molecule has 1 unspecified atom stereocenters. The first-order chi connectivity index (χ1) is 8.77. The van der Waals surface area contributed by atoms with Gasteiger partial charge in [0.05, 0.1) is 10.5 Å². The van der Waals surface area contributed by atoms with Gasteiger partial charge in [0.2, 0.25) is 10.0 Å². The van der Waals surface area contributed by atoms with E-state index in [1.807, 2.05) is 0 Å². The molecule has 0 aromatic heterocycles. The van der Waals surface area contributed by atoms with E-state index in [-0.39, 0.29) is 16.9 Å². The molecule has 0 aliphatic heterocycles. The number of benzene rings is 1. The maximum absolute atomic E-state index is 12.0. The van der Waals surface area contributed by atoms with Crippen LogP contribution in [0.25, 0.3) is 0 Å². The number of sulfonamides is 1. The van der Waals surface area contributed by atoms with E-state index in [4.69, 9.17) is 11.5 Å². The Hall–Kier alpha value is -1.36. The molecule has 5 nitrogen and oxygen atoms in total. The number of rotatable bonds is 5. The summed E-state index contributed by atoms with van der Waals surface area (Å²) < 4.78 is 26.7. The summed E-state index contributed by atoms with van der Waals surface area (Å²) in [7, 11) is -3.78. The Morgan fingerprint density at radius 3 is 2.74 bits per heavy atom. The predicted octanol–water partition coefficient (Wildman–Crippen LogP) is 1.84. The zero-order valence-corrected chi connectivity index (χ0v) is 12.5. The van der Waals surface area contributed by atoms with Gasteiger partial charge in [-0.15, -0.1) is 12.3 Å². The predicted molar refractivity (Wildman–Crippen MR) is 74.3 cm³/mol. The SMILES string of the molecule is C#CCC(C)NS(=O)(=O)c1ccc(Br)c(C(=O)O)c1. The standard InChI is InChI=1S/C12H12BrNO4S/c1-3-4-8(2)14-19(17,18)9-5-6-11(13)10(7-9)12(15)16/h1,5-8,14H,4H2,2H3,(H,15,16). The molecule has 1 aromatic rings. The first kappa shape index (κ1) is 15.7. The molecule has 0 radical (unpaired) electrons. The van der Waals surface area contributed by atoms with Crippen molar-refractivity contribution in [3.63, 3.8) is 0 Å². The molecule has 0 aliphatic carbocycles. The lowest BCUT2D eigenvalue weighted by Gasteiger charge is -2.12. The van der Waals surface area contributed by atoms with Gasteiger partial charge in [-0.3, -0.25) is 0 Å². The molecule has 0 bridgehead atoms. The van der Waals surface area contributed by atoms with E-state index in [1.54, 1.807) is 6.92 Å². The molecule has 0 fully saturated rings. The quantitative estimate of drug-likeness (QED) is 0.797. The van der Waals surface area contributed by atoms with Gasteiger partial charge < -0.3 is 5.11 Å². The molecule has 19 heavy (non-hydrogen) atoms. The van der Waals surface area contributed by atoms with Crippen LogP contribution in [0.4, 0.5) is 0 Å². The third-order valence-corrected chi connectivity index (χ3v) is 4.54. The summed E-state index contributed by atoms with van der Waals surface area (Å²) in [6.45, 7) is 1.63. The summed E-state index contributed by atoms with van der Waals surface area (Å²) in [5.74, 6) is 1.14. The van der Waals surface area contributed by atoms with Crippen molar-refractivity contribution in [2.45, 2.75) is 24.3 Å². The first-order valence-corrected chi connectivity index (χ1v) is 7.54. The van der Waals surface area contributed by atoms with Crippen molar-refractivity contribution in [1.82, 2.24) is 4.72 Å². The van der Waals surface area contributed by atoms with Crippen LogP contribution in [0, 0.1) is 12.3 Å². The third kappa shape index (κ3) is 4.06. The molecule has 0 saturated heterocycles. The maximum atomic E-state index is 12.0. The monoisotopic (exact) mass is 345 g/mol. The van der Waals surface area contributed by atoms with Gasteiger partial charge in [0.25, 0.3) is 0 Å². The van der Waals surface area contributed by atoms with E-state index in [0.29, 0.717) is 4.47 Å². The van der Waals surface area contributed by atoms with Crippen LogP contribution in [-0.2, 0) is 10.0 Å². The van der Waals surface area contributed by atoms with Crippen LogP contribution in [-0.4, -0.2) is 25.5 Å². The van der Waals surface area contributed by atoms with Crippen LogP contribution in [0.5, 0.6) is 0 Å². The first-order valence-electron chi connectivity index (χ1n) is 5.26. The Kier molecular flexibility index (Phi) is 5.11. The van der Waals surface area contributed by atoms with Gasteiger partial charge >= 0.3 is 5.97 Å². The van der Waals surface area contributed by atoms with Gasteiger partial charge in [0, 0.05) is 16.9 Å². The van der Waals surface area contributed by atoms with E-state index < -0.39 is 22.0 Å². The minimum Gasteiger partial charge on any atom is -0.478 e. The Morgan fingerprint density at radius 2 is 2.21 bits per heavy atom. The van der Waals surface area contributed by atoms with Crippen molar-refractivity contribution >= 4 is 31.9 Å². The Balaban J connectivity index is 3.13. The van der Waals surface area contributed by atoms with Crippen LogP contribution in [0.2, 0.25) is 0 Å². The number of halogens is 1. The summed E-state index contributed by atoms with van der Waals surface area (Å²) in [5, 5.41) is 8.95. The van der Waals surface area contributed by atoms with E-state index in [1.165, 1.54) is 12.1 Å². The molecular formula is C12H12BrNO4S. The van der Waals surface area contributed by atoms with Crippen molar-refractivity contribution < 1.29 is 18.3 Å². The second kappa shape index (κ2) is 6.19. The van der Waals surface area contributed by atoms with Crippen LogP contribution in [0.15, 0.2) is 27.6 Å². The Labute approximate surface area is 120 Å². The molecule has 0 heterocycles. The lowest BCUT2D eigenvalue weighted by Crippen LogP contribution is -2.32. The van der Waals surface area contributed by atoms with E-state index in [0.717, 1.165) is 6.07 Å². The molecular weight excluding hydrogens is 334 g/mol. The highest BCUT2D eigenvalue weighted by Crippen LogP contribution is 2.21. The van der Waals surface area contributed by atoms with Gasteiger partial charge in [-0.05, 0) is 41.1 Å². The molecule has 1 rings (SSSR count). The van der Waals surface area contributed by atoms with Gasteiger partial charge in [-0.2, -0.15) is 0 Å². The van der Waals surface area contributed by atoms with Crippen molar-refractivity contribution in [3.8, 4) is 12.3 Å². The number of carboxylic acids is 1. The van der Waals surface area contributed by atoms with E-state index in [2.05, 4.69) is 26.6 Å². The largest absolute Gasteiger partial charge is 0.478 e. The van der Waals surface area contributed by atoms with Gasteiger partial charge in [-0.1, -0.05) is 0 Å². The lowest BCUT2D eigenvalue weighted by molar-refractivity contribution is 0.0695. The van der Waals surface area contributed by atoms with Crippen LogP contribution >= 0.6 is 15.9 Å². The molecule has 1 aromatic carbocycles. The average Bonchev–Trinajstić information content (AvgIpc) is 2.28. The smallest absolute Gasteiger partial charge is 0.336 e. The van der Waals surface area contributed by atoms with Crippen molar-refractivity contribution in [1.29, 1.82) is 0 Å². The van der Waals surface area contributed by atoms with Gasteiger partial charge in [-0.25, -0.2) is 17.9 Å². The molecule has 0 saturated carbocycles. The fourth-order valence-electron chi connectivity index (χ4n) is 1.39. The molecule has 0 spiro atoms. The Bertz CT molecular complexity index is 634. The van der Waals surface area contributed by atoms with Crippen molar-refractivity contribution in [3.05, 3.63) is 28.2 Å². The maximum Gasteiger partial charge on any atom is 0.336 e. The molecule has 1 atom stereocenters. The third-order valence-electron chi connectivity index (χ3n) is 2.26. The number of nitrogens with one attached hydrogen (secondary N) is 1. The zero-order valence-electron chi connectivity index (χ0n) is 10.1. The average molecular weight is 346 g/mol. The zero-order chi connectivity index (χ0) is 14.6. The van der Waals surface area contributed by atoms with Crippen molar-refractivity contribution in [2.75, 3.05) is 0 Å². The normalized spacial score (nSPS) is 12.7. The highest BCUT2D eigenvalue weighted by atomic mass is 79.9. The highest BCUT2D eigenvalue weighted by Gasteiger charge is 2.19. The summed E-state index contributed by atoms with van der Waals surface area (Å²) >= 11 is 3.05. The topological polar surface area (TPSA) is 83.5 Å². The molecule has 7 heteroatoms. The van der Waals surface area contributed by atoms with Gasteiger partial charge in [0.15, 0.2) is 0 Å². The molecule has 2 N–H and O–H groups in total. The molecule has 102 valence electrons. The molecule has 0 aliphatic rings. The summed E-state index contributed by atoms with van der Waals surface area (Å²) in [4.78, 5) is 10.8. The second-order valence-electron chi connectivity index (χ2n) is 3.88. The number of aromatic carboxylic acids is 1. The second-order valence-corrected chi connectivity index (χ2v) is 6.45. The minimum absolute atomic E-state index is 0.114. The minimum atomic E-state index is -3.78. The fraction of sp³-hybridized carbons (Fsp3) is 0.250. The fourth-order valence-corrected chi connectivity index (χ4v) is 3.07. The Morgan fingerprint density at radius 1 is 1.58 bits per heavy atom. The van der Waals surface area contributed by atoms with Crippen LogP contribution < -0.4 is 4.72 Å². The number of carboxylic acid groups (broad SMARTS) is 1. The van der Waals surface area contributed by atoms with Gasteiger partial charge in [0.1, 0.15) is 0 Å². The summed E-state index contributed by atoms with van der Waals surface area (Å²) in [5.41, 5.74) is -0.118. The van der Waals surface area contributed by atoms with E-state index >= 15 is 0 Å². The lowest BCUT2D eigenvalue weighted by atomic mass is 10.2. The van der Waals surface area contributed by atoms with Crippen LogP contribution in [0.3, 0.4) is 0 Å².